The Bertz CT molecular complexity index is 1900. The number of methoxy groups -OCH3 is 1. The normalized spacial score (nSPS) is 12.6. The molecule has 3 atom stereocenters. The molecule has 0 bridgehead atoms. The third-order valence-corrected chi connectivity index (χ3v) is 8.69. The Hall–Kier alpha value is -5.67. The van der Waals surface area contributed by atoms with E-state index in [-0.39, 0.29) is 40.1 Å². The molecule has 17 heteroatoms. The lowest BCUT2D eigenvalue weighted by atomic mass is 10.0. The van der Waals surface area contributed by atoms with Crippen LogP contribution in [0, 0.1) is 5.92 Å². The summed E-state index contributed by atoms with van der Waals surface area (Å²) >= 11 is 12.2. The summed E-state index contributed by atoms with van der Waals surface area (Å²) < 4.78 is 15.6. The Labute approximate surface area is 347 Å². The van der Waals surface area contributed by atoms with E-state index in [0.717, 1.165) is 5.56 Å². The van der Waals surface area contributed by atoms with E-state index in [2.05, 4.69) is 26.6 Å². The van der Waals surface area contributed by atoms with Gasteiger partial charge in [0.1, 0.15) is 29.5 Å². The van der Waals surface area contributed by atoms with Crippen LogP contribution in [0.3, 0.4) is 0 Å². The smallest absolute Gasteiger partial charge is 0.408 e. The van der Waals surface area contributed by atoms with Gasteiger partial charge in [-0.05, 0) is 68.5 Å². The zero-order chi connectivity index (χ0) is 43.0. The van der Waals surface area contributed by atoms with E-state index >= 15 is 0 Å². The lowest BCUT2D eigenvalue weighted by Crippen LogP contribution is -2.54. The van der Waals surface area contributed by atoms with Gasteiger partial charge in [-0.1, -0.05) is 85.6 Å². The van der Waals surface area contributed by atoms with Gasteiger partial charge >= 0.3 is 18.0 Å². The first-order chi connectivity index (χ1) is 27.3. The number of hydrogen-bond acceptors (Lipinski definition) is 10. The van der Waals surface area contributed by atoms with Crippen molar-refractivity contribution in [3.8, 4) is 5.75 Å². The van der Waals surface area contributed by atoms with Crippen LogP contribution < -0.4 is 31.3 Å². The Kier molecular flexibility index (Phi) is 18.0. The molecule has 0 unspecified atom stereocenters. The Morgan fingerprint density at radius 3 is 1.79 bits per heavy atom. The van der Waals surface area contributed by atoms with Gasteiger partial charge in [0.15, 0.2) is 0 Å². The molecule has 3 aromatic rings. The van der Waals surface area contributed by atoms with E-state index in [1.165, 1.54) is 31.4 Å². The molecular formula is C41H49Cl2N5O10. The molecule has 0 aliphatic heterocycles. The molecule has 312 valence electrons. The number of rotatable bonds is 18. The number of amides is 5. The zero-order valence-electron chi connectivity index (χ0n) is 33.1. The van der Waals surface area contributed by atoms with Crippen molar-refractivity contribution in [1.29, 1.82) is 0 Å². The van der Waals surface area contributed by atoms with Gasteiger partial charge in [0.05, 0.1) is 35.8 Å². The van der Waals surface area contributed by atoms with Gasteiger partial charge in [0.25, 0.3) is 0 Å². The van der Waals surface area contributed by atoms with E-state index < -0.39 is 78.5 Å². The largest absolute Gasteiger partial charge is 0.467 e. The van der Waals surface area contributed by atoms with Crippen LogP contribution in [0.2, 0.25) is 10.0 Å². The Morgan fingerprint density at radius 1 is 0.655 bits per heavy atom. The lowest BCUT2D eigenvalue weighted by molar-refractivity contribution is -0.145. The zero-order valence-corrected chi connectivity index (χ0v) is 34.6. The standard InChI is InChI=1S/C41H49Cl2N5O10/c1-24(2)19-32(38(53)56-6)47-37(52)31(20-25-11-8-7-9-12-25)46-34(50)23-44-33(49)22-45-36(51)30(48-40(55)58-41(3,4)5)21-26-15-17-27(18-16-26)57-39(54)35-28(42)13-10-14-29(35)43/h7-18,24,30-32H,19-23H2,1-6H3,(H,44,49)(H,45,51)(H,46,50)(H,47,52)(H,48,55)/t30-,31-,32-/m0/s1. The van der Waals surface area contributed by atoms with Crippen LogP contribution >= 0.6 is 23.2 Å². The summed E-state index contributed by atoms with van der Waals surface area (Å²) in [6.07, 6.45) is -0.536. The van der Waals surface area contributed by atoms with Gasteiger partial charge in [0, 0.05) is 12.8 Å². The molecule has 58 heavy (non-hydrogen) atoms. The third-order valence-electron chi connectivity index (χ3n) is 8.06. The van der Waals surface area contributed by atoms with E-state index in [1.54, 1.807) is 69.3 Å². The SMILES string of the molecule is COC(=O)[C@H](CC(C)C)NC(=O)[C@H](Cc1ccccc1)NC(=O)CNC(=O)CNC(=O)[C@H](Cc1ccc(OC(=O)c2c(Cl)cccc2Cl)cc1)NC(=O)OC(C)(C)C. The van der Waals surface area contributed by atoms with Crippen molar-refractivity contribution < 1.29 is 47.8 Å². The van der Waals surface area contributed by atoms with Crippen molar-refractivity contribution in [3.05, 3.63) is 99.5 Å². The van der Waals surface area contributed by atoms with Crippen molar-refractivity contribution in [3.63, 3.8) is 0 Å². The number of nitrogens with one attached hydrogen (secondary N) is 5. The molecule has 0 saturated carbocycles. The van der Waals surface area contributed by atoms with E-state index in [1.807, 2.05) is 13.8 Å². The molecule has 0 radical (unpaired) electrons. The molecular weight excluding hydrogens is 793 g/mol. The summed E-state index contributed by atoms with van der Waals surface area (Å²) in [5.74, 6) is -3.98. The molecule has 0 aliphatic rings. The maximum atomic E-state index is 13.4. The number of halogens is 2. The number of esters is 2. The summed E-state index contributed by atoms with van der Waals surface area (Å²) in [7, 11) is 1.22. The van der Waals surface area contributed by atoms with Gasteiger partial charge in [0.2, 0.25) is 23.6 Å². The van der Waals surface area contributed by atoms with Crippen molar-refractivity contribution in [1.82, 2.24) is 26.6 Å². The first kappa shape index (κ1) is 46.7. The summed E-state index contributed by atoms with van der Waals surface area (Å²) in [6.45, 7) is 7.62. The van der Waals surface area contributed by atoms with Crippen molar-refractivity contribution in [2.75, 3.05) is 20.2 Å². The minimum Gasteiger partial charge on any atom is -0.467 e. The molecule has 0 saturated heterocycles. The summed E-state index contributed by atoms with van der Waals surface area (Å²) in [4.78, 5) is 90.2. The van der Waals surface area contributed by atoms with Crippen LogP contribution in [-0.2, 0) is 46.3 Å². The fourth-order valence-electron chi connectivity index (χ4n) is 5.38. The Balaban J connectivity index is 1.63. The molecule has 5 N–H and O–H groups in total. The van der Waals surface area contributed by atoms with Gasteiger partial charge < -0.3 is 40.8 Å². The predicted molar refractivity (Wildman–Crippen MR) is 216 cm³/mol. The average Bonchev–Trinajstić information content (AvgIpc) is 3.15. The molecule has 3 aromatic carbocycles. The second-order valence-corrected chi connectivity index (χ2v) is 15.4. The maximum Gasteiger partial charge on any atom is 0.408 e. The van der Waals surface area contributed by atoms with Gasteiger partial charge in [-0.3, -0.25) is 19.2 Å². The molecule has 0 heterocycles. The topological polar surface area (TPSA) is 207 Å². The second kappa shape index (κ2) is 22.3. The van der Waals surface area contributed by atoms with Crippen molar-refractivity contribution >= 4 is 64.9 Å². The van der Waals surface area contributed by atoms with E-state index in [0.29, 0.717) is 12.0 Å². The summed E-state index contributed by atoms with van der Waals surface area (Å²) in [6, 6.07) is 16.4. The first-order valence-electron chi connectivity index (χ1n) is 18.4. The highest BCUT2D eigenvalue weighted by Gasteiger charge is 2.29. The van der Waals surface area contributed by atoms with Crippen LogP contribution in [-0.4, -0.2) is 85.6 Å². The monoisotopic (exact) mass is 841 g/mol. The van der Waals surface area contributed by atoms with Crippen LogP contribution in [0.4, 0.5) is 4.79 Å². The predicted octanol–water partition coefficient (Wildman–Crippen LogP) is 4.31. The lowest BCUT2D eigenvalue weighted by Gasteiger charge is -2.24. The highest BCUT2D eigenvalue weighted by atomic mass is 35.5. The molecule has 0 aromatic heterocycles. The quantitative estimate of drug-likeness (QED) is 0.0906. The average molecular weight is 843 g/mol. The number of hydrogen-bond donors (Lipinski definition) is 5. The highest BCUT2D eigenvalue weighted by Crippen LogP contribution is 2.26. The molecule has 15 nitrogen and oxygen atoms in total. The number of alkyl carbamates (subject to hydrolysis) is 1. The number of carbonyl (C=O) groups is 7. The fraction of sp³-hybridized carbons (Fsp3) is 0.390. The Morgan fingerprint density at radius 2 is 1.22 bits per heavy atom. The number of ether oxygens (including phenoxy) is 3. The number of carbonyl (C=O) groups excluding carboxylic acids is 7. The van der Waals surface area contributed by atoms with Gasteiger partial charge in [-0.2, -0.15) is 0 Å². The van der Waals surface area contributed by atoms with E-state index in [4.69, 9.17) is 37.4 Å². The van der Waals surface area contributed by atoms with Gasteiger partial charge in [-0.15, -0.1) is 0 Å². The van der Waals surface area contributed by atoms with E-state index in [9.17, 15) is 33.6 Å². The van der Waals surface area contributed by atoms with Crippen LogP contribution in [0.5, 0.6) is 5.75 Å². The minimum atomic E-state index is -1.22. The summed E-state index contributed by atoms with van der Waals surface area (Å²) in [5.41, 5.74) is 0.407. The molecule has 0 spiro atoms. The number of benzene rings is 3. The van der Waals surface area contributed by atoms with Crippen LogP contribution in [0.15, 0.2) is 72.8 Å². The molecule has 5 amide bonds. The van der Waals surface area contributed by atoms with Gasteiger partial charge in [-0.25, -0.2) is 14.4 Å². The molecule has 3 rings (SSSR count). The fourth-order valence-corrected chi connectivity index (χ4v) is 5.93. The maximum absolute atomic E-state index is 13.4. The van der Waals surface area contributed by atoms with Crippen LogP contribution in [0.25, 0.3) is 0 Å². The molecule has 0 aliphatic carbocycles. The third kappa shape index (κ3) is 16.1. The second-order valence-electron chi connectivity index (χ2n) is 14.6. The molecule has 0 fully saturated rings. The highest BCUT2D eigenvalue weighted by molar-refractivity contribution is 6.39. The van der Waals surface area contributed by atoms with Crippen molar-refractivity contribution in [2.24, 2.45) is 5.92 Å². The first-order valence-corrected chi connectivity index (χ1v) is 19.1. The minimum absolute atomic E-state index is 0.000184. The van der Waals surface area contributed by atoms with Crippen LogP contribution in [0.1, 0.15) is 62.5 Å². The van der Waals surface area contributed by atoms with Crippen molar-refractivity contribution in [2.45, 2.75) is 77.6 Å². The summed E-state index contributed by atoms with van der Waals surface area (Å²) in [5, 5.41) is 12.9.